The zero-order chi connectivity index (χ0) is 4.50. The maximum absolute atomic E-state index is 8.85. The first-order chi connectivity index (χ1) is 2.00. The van der Waals surface area contributed by atoms with Crippen molar-refractivity contribution in [3.05, 3.63) is 0 Å². The second-order valence-corrected chi connectivity index (χ2v) is 2.65. The summed E-state index contributed by atoms with van der Waals surface area (Å²) in [6.07, 6.45) is 0. The van der Waals surface area contributed by atoms with E-state index in [1.165, 1.54) is 0 Å². The van der Waals surface area contributed by atoms with Crippen LogP contribution in [0, 0.1) is 0 Å². The van der Waals surface area contributed by atoms with Crippen molar-refractivity contribution in [2.24, 2.45) is 0 Å². The first kappa shape index (κ1) is 9.66. The van der Waals surface area contributed by atoms with Crippen LogP contribution in [0.1, 0.15) is 0 Å². The molecule has 0 heterocycles. The molecule has 39 valence electrons. The third-order valence-corrected chi connectivity index (χ3v) is 0. The van der Waals surface area contributed by atoms with Gasteiger partial charge in [0.1, 0.15) is 0 Å². The summed E-state index contributed by atoms with van der Waals surface area (Å²) in [4.78, 5) is 0. The van der Waals surface area contributed by atoms with Crippen LogP contribution in [0.5, 0.6) is 0 Å². The van der Waals surface area contributed by atoms with Gasteiger partial charge in [-0.1, -0.05) is 0 Å². The zero-order valence-corrected chi connectivity index (χ0v) is 7.13. The van der Waals surface area contributed by atoms with E-state index >= 15 is 0 Å². The maximum Gasteiger partial charge on any atom is -0.0125 e. The van der Waals surface area contributed by atoms with Gasteiger partial charge in [0.15, 0.2) is 0 Å². The Bertz CT molecular complexity index is 90.7. The molecule has 1 radical (unpaired) electrons. The standard InChI is InChI=1S/Mo.2H2O.2O.H3Si/h;2*1H2;;;1H3/q+2;;;;;/p-2. The van der Waals surface area contributed by atoms with Gasteiger partial charge in [-0.05, 0) is 11.0 Å². The summed E-state index contributed by atoms with van der Waals surface area (Å²) in [5, 5.41) is 0. The van der Waals surface area contributed by atoms with Gasteiger partial charge in [0.2, 0.25) is 0 Å². The molecule has 0 amide bonds. The second-order valence-electron chi connectivity index (χ2n) is 0.448. The minimum absolute atomic E-state index is 0. The number of hydrogen-bond donors (Lipinski definition) is 2. The van der Waals surface area contributed by atoms with E-state index in [1.807, 2.05) is 0 Å². The van der Waals surface area contributed by atoms with Crippen molar-refractivity contribution >= 4 is 11.0 Å². The maximum atomic E-state index is 8.85. The normalized spacial score (nSPS) is 9.67. The molecule has 0 spiro atoms. The van der Waals surface area contributed by atoms with Crippen molar-refractivity contribution in [2.45, 2.75) is 0 Å². The summed E-state index contributed by atoms with van der Waals surface area (Å²) in [7, 11) is 0. The van der Waals surface area contributed by atoms with Gasteiger partial charge in [-0.2, -0.15) is 0 Å². The monoisotopic (exact) mass is 195 g/mol. The van der Waals surface area contributed by atoms with E-state index < -0.39 is 16.7 Å². The summed E-state index contributed by atoms with van der Waals surface area (Å²) in [6, 6.07) is 0. The van der Waals surface area contributed by atoms with E-state index in [1.54, 1.807) is 0 Å². The van der Waals surface area contributed by atoms with Crippen LogP contribution in [0.3, 0.4) is 0 Å². The van der Waals surface area contributed by atoms with Crippen molar-refractivity contribution in [1.29, 1.82) is 0 Å². The fraction of sp³-hybridized carbons (Fsp3) is 0. The molecule has 0 aromatic carbocycles. The van der Waals surface area contributed by atoms with E-state index in [-0.39, 0.29) is 11.0 Å². The molecule has 0 aliphatic heterocycles. The van der Waals surface area contributed by atoms with Gasteiger partial charge in [-0.25, -0.2) is 0 Å². The number of rotatable bonds is 0. The average molecular weight is 193 g/mol. The Morgan fingerprint density at radius 1 is 1.17 bits per heavy atom. The Kier molecular flexibility index (Phi) is 4.14. The van der Waals surface area contributed by atoms with E-state index in [9.17, 15) is 0 Å². The third kappa shape index (κ3) is 287. The molecule has 4 nitrogen and oxygen atoms in total. The molecular formula is H5MoO4Si. The smallest absolute Gasteiger partial charge is 0.0125 e. The summed E-state index contributed by atoms with van der Waals surface area (Å²) in [6.45, 7) is 0. The van der Waals surface area contributed by atoms with Crippen LogP contribution < -0.4 is 0 Å². The second kappa shape index (κ2) is 2.57. The molecule has 0 aliphatic carbocycles. The van der Waals surface area contributed by atoms with Gasteiger partial charge in [-0.3, -0.25) is 0 Å². The molecule has 0 unspecified atom stereocenters. The van der Waals surface area contributed by atoms with Crippen LogP contribution in [0.4, 0.5) is 0 Å². The van der Waals surface area contributed by atoms with E-state index in [2.05, 4.69) is 0 Å². The van der Waals surface area contributed by atoms with Crippen molar-refractivity contribution in [3.63, 3.8) is 0 Å². The van der Waals surface area contributed by atoms with Crippen LogP contribution in [0.15, 0.2) is 0 Å². The molecular weight excluding hydrogens is 188 g/mol. The van der Waals surface area contributed by atoms with Crippen LogP contribution in [-0.2, 0) is 23.5 Å². The molecule has 0 bridgehead atoms. The van der Waals surface area contributed by atoms with Gasteiger partial charge in [0.05, 0.1) is 0 Å². The third-order valence-electron chi connectivity index (χ3n) is 0. The first-order valence-electron chi connectivity index (χ1n) is 0.698. The molecule has 0 rings (SSSR count). The van der Waals surface area contributed by atoms with Gasteiger partial charge < -0.3 is 0 Å². The molecule has 0 saturated heterocycles. The van der Waals surface area contributed by atoms with Gasteiger partial charge in [0.25, 0.3) is 0 Å². The molecule has 0 fully saturated rings. The van der Waals surface area contributed by atoms with Crippen molar-refractivity contribution in [2.75, 3.05) is 0 Å². The van der Waals surface area contributed by atoms with E-state index in [0.717, 1.165) is 0 Å². The van der Waals surface area contributed by atoms with Gasteiger partial charge in [-0.15, -0.1) is 0 Å². The first-order valence-corrected chi connectivity index (χ1v) is 4.13. The summed E-state index contributed by atoms with van der Waals surface area (Å²) >= 11 is -5.52. The molecule has 0 aromatic rings. The van der Waals surface area contributed by atoms with Crippen molar-refractivity contribution < 1.29 is 31.1 Å². The number of hydrogen-bond acceptors (Lipinski definition) is 2. The van der Waals surface area contributed by atoms with Crippen LogP contribution in [-0.4, -0.2) is 18.5 Å². The molecule has 0 saturated carbocycles. The fourth-order valence-corrected chi connectivity index (χ4v) is 0. The Balaban J connectivity index is 0. The molecule has 6 heavy (non-hydrogen) atoms. The SMILES string of the molecule is [O]=[Mo](=[O])([OH])[OH].[SiH3]. The molecule has 2 N–H and O–H groups in total. The molecule has 6 heteroatoms. The minimum atomic E-state index is -5.52. The topological polar surface area (TPSA) is 74.6 Å². The van der Waals surface area contributed by atoms with E-state index in [4.69, 9.17) is 14.3 Å². The fourth-order valence-electron chi connectivity index (χ4n) is 0. The summed E-state index contributed by atoms with van der Waals surface area (Å²) < 4.78 is 32.0. The largest absolute Gasteiger partial charge is 0.0125 e. The molecule has 0 aliphatic rings. The quantitative estimate of drug-likeness (QED) is 0.416. The Hall–Kier alpha value is 0.425. The van der Waals surface area contributed by atoms with Crippen LogP contribution in [0.2, 0.25) is 0 Å². The van der Waals surface area contributed by atoms with Crippen molar-refractivity contribution in [3.8, 4) is 0 Å². The van der Waals surface area contributed by atoms with Crippen molar-refractivity contribution in [1.82, 2.24) is 0 Å². The Morgan fingerprint density at radius 3 is 1.17 bits per heavy atom. The van der Waals surface area contributed by atoms with Crippen LogP contribution >= 0.6 is 0 Å². The summed E-state index contributed by atoms with van der Waals surface area (Å²) in [5.74, 6) is 0. The minimum Gasteiger partial charge on any atom is -0.0125 e. The Labute approximate surface area is 42.5 Å². The van der Waals surface area contributed by atoms with Gasteiger partial charge in [0, 0.05) is 0 Å². The van der Waals surface area contributed by atoms with Crippen LogP contribution in [0.25, 0.3) is 0 Å². The van der Waals surface area contributed by atoms with Gasteiger partial charge >= 0.3 is 31.1 Å². The Morgan fingerprint density at radius 2 is 1.17 bits per heavy atom. The summed E-state index contributed by atoms with van der Waals surface area (Å²) in [5.41, 5.74) is 0. The van der Waals surface area contributed by atoms with E-state index in [0.29, 0.717) is 0 Å². The average Bonchev–Trinajstić information content (AvgIpc) is 0.722. The predicted octanol–water partition coefficient (Wildman–Crippen LogP) is -2.54. The zero-order valence-electron chi connectivity index (χ0n) is 3.12. The predicted molar refractivity (Wildman–Crippen MR) is 15.7 cm³/mol. The molecule has 0 aromatic heterocycles. The molecule has 0 atom stereocenters.